The fourth-order valence-corrected chi connectivity index (χ4v) is 3.39. The van der Waals surface area contributed by atoms with Gasteiger partial charge in [-0.3, -0.25) is 4.79 Å². The Labute approximate surface area is 157 Å². The van der Waals surface area contributed by atoms with Gasteiger partial charge in [-0.15, -0.1) is 0 Å². The number of carbonyl (C=O) groups excluding carboxylic acids is 2. The third-order valence-corrected chi connectivity index (χ3v) is 4.74. The third kappa shape index (κ3) is 3.53. The summed E-state index contributed by atoms with van der Waals surface area (Å²) in [7, 11) is 2.76. The fraction of sp³-hybridized carbons (Fsp3) is 0.300. The van der Waals surface area contributed by atoms with Gasteiger partial charge in [0.05, 0.1) is 14.2 Å². The lowest BCUT2D eigenvalue weighted by atomic mass is 10.1. The quantitative estimate of drug-likeness (QED) is 0.759. The smallest absolute Gasteiger partial charge is 0.341 e. The summed E-state index contributed by atoms with van der Waals surface area (Å²) in [5.74, 6) is -0.324. The van der Waals surface area contributed by atoms with Crippen LogP contribution >= 0.6 is 11.6 Å². The number of nitrogens with zero attached hydrogens (tertiary/aromatic N) is 1. The number of rotatable bonds is 3. The van der Waals surface area contributed by atoms with Gasteiger partial charge in [0, 0.05) is 22.8 Å². The van der Waals surface area contributed by atoms with E-state index < -0.39 is 5.97 Å². The number of esters is 1. The maximum absolute atomic E-state index is 13.1. The monoisotopic (exact) mass is 373 g/mol. The second-order valence-electron chi connectivity index (χ2n) is 6.09. The molecule has 0 saturated heterocycles. The van der Waals surface area contributed by atoms with Crippen LogP contribution in [0, 0.1) is 0 Å². The fourth-order valence-electron chi connectivity index (χ4n) is 3.19. The minimum absolute atomic E-state index is 0.134. The first-order valence-corrected chi connectivity index (χ1v) is 8.79. The van der Waals surface area contributed by atoms with E-state index in [1.165, 1.54) is 14.2 Å². The lowest BCUT2D eigenvalue weighted by molar-refractivity contribution is 0.0596. The Kier molecular flexibility index (Phi) is 5.47. The highest BCUT2D eigenvalue weighted by Gasteiger charge is 2.24. The Morgan fingerprint density at radius 1 is 1.08 bits per heavy atom. The van der Waals surface area contributed by atoms with Crippen molar-refractivity contribution in [3.05, 3.63) is 58.1 Å². The van der Waals surface area contributed by atoms with Gasteiger partial charge in [0.1, 0.15) is 11.3 Å². The molecule has 0 fully saturated rings. The molecule has 0 bridgehead atoms. The molecule has 0 aromatic heterocycles. The lowest BCUT2D eigenvalue weighted by Crippen LogP contribution is -2.31. The SMILES string of the molecule is COC(=O)c1ccc(C(=O)N2CCCCc3cc(Cl)ccc32)cc1OC. The molecule has 0 aliphatic carbocycles. The van der Waals surface area contributed by atoms with Crippen molar-refractivity contribution < 1.29 is 19.1 Å². The van der Waals surface area contributed by atoms with E-state index in [0.717, 1.165) is 30.5 Å². The number of hydrogen-bond donors (Lipinski definition) is 0. The molecular formula is C20H20ClNO4. The van der Waals surface area contributed by atoms with Gasteiger partial charge in [0.15, 0.2) is 0 Å². The number of halogens is 1. The summed E-state index contributed by atoms with van der Waals surface area (Å²) >= 11 is 6.11. The van der Waals surface area contributed by atoms with E-state index in [-0.39, 0.29) is 11.5 Å². The minimum atomic E-state index is -0.504. The first kappa shape index (κ1) is 18.3. The molecule has 1 aliphatic rings. The highest BCUT2D eigenvalue weighted by molar-refractivity contribution is 6.30. The molecule has 5 nitrogen and oxygen atoms in total. The van der Waals surface area contributed by atoms with E-state index in [4.69, 9.17) is 21.1 Å². The van der Waals surface area contributed by atoms with E-state index in [9.17, 15) is 9.59 Å². The molecule has 6 heteroatoms. The van der Waals surface area contributed by atoms with Crippen LogP contribution in [0.15, 0.2) is 36.4 Å². The molecule has 2 aromatic rings. The number of anilines is 1. The Morgan fingerprint density at radius 2 is 1.88 bits per heavy atom. The van der Waals surface area contributed by atoms with Gasteiger partial charge in [-0.1, -0.05) is 11.6 Å². The van der Waals surface area contributed by atoms with Crippen molar-refractivity contribution in [2.45, 2.75) is 19.3 Å². The van der Waals surface area contributed by atoms with Crippen molar-refractivity contribution in [1.29, 1.82) is 0 Å². The summed E-state index contributed by atoms with van der Waals surface area (Å²) in [6, 6.07) is 10.4. The van der Waals surface area contributed by atoms with E-state index in [0.29, 0.717) is 22.9 Å². The van der Waals surface area contributed by atoms with Crippen molar-refractivity contribution in [3.63, 3.8) is 0 Å². The zero-order valence-electron chi connectivity index (χ0n) is 14.8. The van der Waals surface area contributed by atoms with Gasteiger partial charge in [0.2, 0.25) is 0 Å². The highest BCUT2D eigenvalue weighted by atomic mass is 35.5. The zero-order valence-corrected chi connectivity index (χ0v) is 15.5. The van der Waals surface area contributed by atoms with Crippen LogP contribution in [0.25, 0.3) is 0 Å². The van der Waals surface area contributed by atoms with Crippen LogP contribution in [0.1, 0.15) is 39.1 Å². The standard InChI is InChI=1S/C20H20ClNO4/c1-25-18-12-14(6-8-16(18)20(24)26-2)19(23)22-10-4-3-5-13-11-15(21)7-9-17(13)22/h6-9,11-12H,3-5,10H2,1-2H3. The molecule has 1 aliphatic heterocycles. The van der Waals surface area contributed by atoms with Crippen molar-refractivity contribution >= 4 is 29.2 Å². The second kappa shape index (κ2) is 7.79. The van der Waals surface area contributed by atoms with Gasteiger partial charge in [0.25, 0.3) is 5.91 Å². The summed E-state index contributed by atoms with van der Waals surface area (Å²) in [5.41, 5.74) is 2.70. The molecule has 136 valence electrons. The van der Waals surface area contributed by atoms with Gasteiger partial charge < -0.3 is 14.4 Å². The van der Waals surface area contributed by atoms with Crippen LogP contribution in [0.3, 0.4) is 0 Å². The van der Waals surface area contributed by atoms with E-state index in [2.05, 4.69) is 0 Å². The van der Waals surface area contributed by atoms with Crippen molar-refractivity contribution in [1.82, 2.24) is 0 Å². The Hall–Kier alpha value is -2.53. The van der Waals surface area contributed by atoms with Crippen LogP contribution in [0.5, 0.6) is 5.75 Å². The van der Waals surface area contributed by atoms with Gasteiger partial charge in [-0.05, 0) is 61.2 Å². The summed E-state index contributed by atoms with van der Waals surface area (Å²) in [5, 5.41) is 0.669. The molecule has 0 N–H and O–H groups in total. The van der Waals surface area contributed by atoms with E-state index in [1.807, 2.05) is 12.1 Å². The number of benzene rings is 2. The van der Waals surface area contributed by atoms with Gasteiger partial charge in [-0.25, -0.2) is 4.79 Å². The van der Waals surface area contributed by atoms with Gasteiger partial charge in [-0.2, -0.15) is 0 Å². The van der Waals surface area contributed by atoms with Crippen LogP contribution in [-0.4, -0.2) is 32.6 Å². The summed E-state index contributed by atoms with van der Waals surface area (Å²) in [4.78, 5) is 26.7. The second-order valence-corrected chi connectivity index (χ2v) is 6.53. The predicted molar refractivity (Wildman–Crippen MR) is 100 cm³/mol. The molecule has 1 amide bonds. The van der Waals surface area contributed by atoms with Crippen molar-refractivity contribution in [2.75, 3.05) is 25.7 Å². The first-order valence-electron chi connectivity index (χ1n) is 8.42. The van der Waals surface area contributed by atoms with Crippen LogP contribution in [-0.2, 0) is 11.2 Å². The molecule has 0 saturated carbocycles. The number of fused-ring (bicyclic) bond motifs is 1. The Morgan fingerprint density at radius 3 is 2.62 bits per heavy atom. The van der Waals surface area contributed by atoms with Crippen LogP contribution in [0.2, 0.25) is 5.02 Å². The lowest BCUT2D eigenvalue weighted by Gasteiger charge is -2.23. The number of carbonyl (C=O) groups is 2. The van der Waals surface area contributed by atoms with E-state index >= 15 is 0 Å². The molecule has 0 unspecified atom stereocenters. The summed E-state index contributed by atoms with van der Waals surface area (Å²) < 4.78 is 10.0. The maximum atomic E-state index is 13.1. The molecule has 26 heavy (non-hydrogen) atoms. The van der Waals surface area contributed by atoms with Gasteiger partial charge >= 0.3 is 5.97 Å². The van der Waals surface area contributed by atoms with Crippen LogP contribution in [0.4, 0.5) is 5.69 Å². The number of amides is 1. The largest absolute Gasteiger partial charge is 0.496 e. The Balaban J connectivity index is 1.98. The molecule has 2 aromatic carbocycles. The van der Waals surface area contributed by atoms with Crippen molar-refractivity contribution in [2.24, 2.45) is 0 Å². The zero-order chi connectivity index (χ0) is 18.7. The summed E-state index contributed by atoms with van der Waals surface area (Å²) in [6.45, 7) is 0.633. The minimum Gasteiger partial charge on any atom is -0.496 e. The maximum Gasteiger partial charge on any atom is 0.341 e. The predicted octanol–water partition coefficient (Wildman–Crippen LogP) is 4.12. The molecule has 0 radical (unpaired) electrons. The number of methoxy groups -OCH3 is 2. The number of hydrogen-bond acceptors (Lipinski definition) is 4. The average molecular weight is 374 g/mol. The number of aryl methyl sites for hydroxylation is 1. The molecule has 0 atom stereocenters. The average Bonchev–Trinajstić information content (AvgIpc) is 2.88. The third-order valence-electron chi connectivity index (χ3n) is 4.51. The Bertz CT molecular complexity index is 850. The van der Waals surface area contributed by atoms with Crippen LogP contribution < -0.4 is 9.64 Å². The molecule has 3 rings (SSSR count). The van der Waals surface area contributed by atoms with E-state index in [1.54, 1.807) is 29.2 Å². The highest BCUT2D eigenvalue weighted by Crippen LogP contribution is 2.31. The number of ether oxygens (including phenoxy) is 2. The van der Waals surface area contributed by atoms with Crippen molar-refractivity contribution in [3.8, 4) is 5.75 Å². The molecule has 0 spiro atoms. The topological polar surface area (TPSA) is 55.8 Å². The first-order chi connectivity index (χ1) is 12.5. The normalized spacial score (nSPS) is 13.6. The summed E-state index contributed by atoms with van der Waals surface area (Å²) in [6.07, 6.45) is 2.81. The molecular weight excluding hydrogens is 354 g/mol. The molecule has 1 heterocycles.